The number of piperazine rings is 1. The molecule has 26 heavy (non-hydrogen) atoms. The molecule has 0 aliphatic carbocycles. The van der Waals surface area contributed by atoms with E-state index < -0.39 is 0 Å². The highest BCUT2D eigenvalue weighted by Gasteiger charge is 2.17. The van der Waals surface area contributed by atoms with Gasteiger partial charge >= 0.3 is 0 Å². The number of likely N-dealkylation sites (N-methyl/N-ethyl adjacent to an activating group) is 1. The van der Waals surface area contributed by atoms with Crippen LogP contribution in [0.1, 0.15) is 30.2 Å². The van der Waals surface area contributed by atoms with Gasteiger partial charge in [0.25, 0.3) is 0 Å². The standard InChI is InChI=1S/C21H29N3OS/c1-3-23-11-13-24(14-12-23)20-10-9-18(16-17(20)2)22-21(25)8-4-6-19-7-5-15-26-19/h5,7,9-10,15-16H,3-4,6,8,11-14H2,1-2H3,(H,22,25). The molecule has 1 aromatic heterocycles. The normalized spacial score (nSPS) is 15.2. The number of rotatable bonds is 7. The molecule has 0 atom stereocenters. The molecule has 2 aromatic rings. The number of hydrogen-bond donors (Lipinski definition) is 1. The number of carbonyl (C=O) groups is 1. The molecule has 0 unspecified atom stereocenters. The zero-order valence-electron chi connectivity index (χ0n) is 15.8. The Morgan fingerprint density at radius 3 is 2.65 bits per heavy atom. The lowest BCUT2D eigenvalue weighted by Crippen LogP contribution is -2.46. The van der Waals surface area contributed by atoms with E-state index in [0.29, 0.717) is 6.42 Å². The smallest absolute Gasteiger partial charge is 0.224 e. The highest BCUT2D eigenvalue weighted by molar-refractivity contribution is 7.09. The molecule has 4 nitrogen and oxygen atoms in total. The second-order valence-corrected chi connectivity index (χ2v) is 7.94. The van der Waals surface area contributed by atoms with Crippen LogP contribution >= 0.6 is 11.3 Å². The Morgan fingerprint density at radius 1 is 1.19 bits per heavy atom. The Labute approximate surface area is 160 Å². The minimum atomic E-state index is 0.102. The van der Waals surface area contributed by atoms with Gasteiger partial charge in [0.15, 0.2) is 0 Å². The van der Waals surface area contributed by atoms with E-state index in [2.05, 4.69) is 58.6 Å². The van der Waals surface area contributed by atoms with Crippen molar-refractivity contribution in [3.63, 3.8) is 0 Å². The molecule has 1 saturated heterocycles. The summed E-state index contributed by atoms with van der Waals surface area (Å²) in [6, 6.07) is 10.5. The van der Waals surface area contributed by atoms with Gasteiger partial charge in [0.2, 0.25) is 5.91 Å². The number of anilines is 2. The molecule has 0 saturated carbocycles. The second kappa shape index (κ2) is 9.19. The molecular formula is C21H29N3OS. The van der Waals surface area contributed by atoms with Crippen molar-refractivity contribution in [2.24, 2.45) is 0 Å². The summed E-state index contributed by atoms with van der Waals surface area (Å²) in [5.74, 6) is 0.102. The first-order chi connectivity index (χ1) is 12.7. The molecule has 0 bridgehead atoms. The Kier molecular flexibility index (Phi) is 6.69. The Bertz CT molecular complexity index is 706. The molecule has 140 valence electrons. The van der Waals surface area contributed by atoms with E-state index in [1.165, 1.54) is 16.1 Å². The van der Waals surface area contributed by atoms with Crippen molar-refractivity contribution < 1.29 is 4.79 Å². The monoisotopic (exact) mass is 371 g/mol. The Morgan fingerprint density at radius 2 is 2.00 bits per heavy atom. The molecule has 1 amide bonds. The van der Waals surface area contributed by atoms with E-state index in [1.807, 2.05) is 6.07 Å². The van der Waals surface area contributed by atoms with Crippen molar-refractivity contribution >= 4 is 28.6 Å². The number of aryl methyl sites for hydroxylation is 2. The maximum atomic E-state index is 12.2. The number of carbonyl (C=O) groups excluding carboxylic acids is 1. The summed E-state index contributed by atoms with van der Waals surface area (Å²) < 4.78 is 0. The van der Waals surface area contributed by atoms with Crippen molar-refractivity contribution in [3.05, 3.63) is 46.2 Å². The average molecular weight is 372 g/mol. The van der Waals surface area contributed by atoms with E-state index in [-0.39, 0.29) is 5.91 Å². The van der Waals surface area contributed by atoms with Gasteiger partial charge in [0.1, 0.15) is 0 Å². The number of hydrogen-bond acceptors (Lipinski definition) is 4. The van der Waals surface area contributed by atoms with Crippen molar-refractivity contribution in [1.82, 2.24) is 4.90 Å². The van der Waals surface area contributed by atoms with Gasteiger partial charge in [0, 0.05) is 48.9 Å². The number of nitrogens with zero attached hydrogens (tertiary/aromatic N) is 2. The largest absolute Gasteiger partial charge is 0.369 e. The fourth-order valence-electron chi connectivity index (χ4n) is 3.49. The fourth-order valence-corrected chi connectivity index (χ4v) is 4.25. The average Bonchev–Trinajstić information content (AvgIpc) is 3.15. The van der Waals surface area contributed by atoms with E-state index in [4.69, 9.17) is 0 Å². The highest BCUT2D eigenvalue weighted by Crippen LogP contribution is 2.25. The summed E-state index contributed by atoms with van der Waals surface area (Å²) in [4.78, 5) is 18.5. The number of nitrogens with one attached hydrogen (secondary N) is 1. The van der Waals surface area contributed by atoms with Crippen LogP contribution in [0.2, 0.25) is 0 Å². The van der Waals surface area contributed by atoms with Gasteiger partial charge in [-0.15, -0.1) is 11.3 Å². The van der Waals surface area contributed by atoms with Crippen LogP contribution in [0.4, 0.5) is 11.4 Å². The minimum absolute atomic E-state index is 0.102. The van der Waals surface area contributed by atoms with Crippen LogP contribution in [0.25, 0.3) is 0 Å². The molecule has 5 heteroatoms. The molecule has 1 aliphatic heterocycles. The maximum absolute atomic E-state index is 12.2. The molecule has 1 fully saturated rings. The molecule has 1 N–H and O–H groups in total. The van der Waals surface area contributed by atoms with Gasteiger partial charge < -0.3 is 15.1 Å². The molecule has 1 aliphatic rings. The predicted octanol–water partition coefficient (Wildman–Crippen LogP) is 4.16. The summed E-state index contributed by atoms with van der Waals surface area (Å²) in [6.07, 6.45) is 2.44. The van der Waals surface area contributed by atoms with Crippen LogP contribution in [0.3, 0.4) is 0 Å². The summed E-state index contributed by atoms with van der Waals surface area (Å²) in [5, 5.41) is 5.13. The first-order valence-corrected chi connectivity index (χ1v) is 10.4. The van der Waals surface area contributed by atoms with Crippen molar-refractivity contribution in [3.8, 4) is 0 Å². The third kappa shape index (κ3) is 5.08. The second-order valence-electron chi connectivity index (χ2n) is 6.90. The molecule has 1 aromatic carbocycles. The van der Waals surface area contributed by atoms with Gasteiger partial charge in [-0.3, -0.25) is 4.79 Å². The van der Waals surface area contributed by atoms with E-state index in [1.54, 1.807) is 11.3 Å². The quantitative estimate of drug-likeness (QED) is 0.794. The minimum Gasteiger partial charge on any atom is -0.369 e. The lowest BCUT2D eigenvalue weighted by Gasteiger charge is -2.36. The first-order valence-electron chi connectivity index (χ1n) is 9.56. The van der Waals surface area contributed by atoms with Gasteiger partial charge in [-0.05, 0) is 61.5 Å². The van der Waals surface area contributed by atoms with Gasteiger partial charge in [-0.1, -0.05) is 13.0 Å². The molecule has 0 spiro atoms. The van der Waals surface area contributed by atoms with Crippen LogP contribution < -0.4 is 10.2 Å². The predicted molar refractivity (Wildman–Crippen MR) is 111 cm³/mol. The van der Waals surface area contributed by atoms with Crippen molar-refractivity contribution in [1.29, 1.82) is 0 Å². The number of thiophene rings is 1. The number of amides is 1. The lowest BCUT2D eigenvalue weighted by atomic mass is 10.1. The van der Waals surface area contributed by atoms with Gasteiger partial charge in [0.05, 0.1) is 0 Å². The third-order valence-electron chi connectivity index (χ3n) is 5.05. The molecule has 2 heterocycles. The van der Waals surface area contributed by atoms with Crippen LogP contribution in [-0.2, 0) is 11.2 Å². The Balaban J connectivity index is 1.50. The van der Waals surface area contributed by atoms with Crippen molar-refractivity contribution in [2.45, 2.75) is 33.1 Å². The highest BCUT2D eigenvalue weighted by atomic mass is 32.1. The summed E-state index contributed by atoms with van der Waals surface area (Å²) in [7, 11) is 0. The maximum Gasteiger partial charge on any atom is 0.224 e. The van der Waals surface area contributed by atoms with Crippen LogP contribution in [-0.4, -0.2) is 43.5 Å². The van der Waals surface area contributed by atoms with Crippen molar-refractivity contribution in [2.75, 3.05) is 42.9 Å². The topological polar surface area (TPSA) is 35.6 Å². The van der Waals surface area contributed by atoms with Gasteiger partial charge in [-0.25, -0.2) is 0 Å². The molecular weight excluding hydrogens is 342 g/mol. The summed E-state index contributed by atoms with van der Waals surface area (Å²) in [5.41, 5.74) is 3.42. The van der Waals surface area contributed by atoms with Crippen LogP contribution in [0, 0.1) is 6.92 Å². The summed E-state index contributed by atoms with van der Waals surface area (Å²) >= 11 is 1.76. The third-order valence-corrected chi connectivity index (χ3v) is 5.98. The SMILES string of the molecule is CCN1CCN(c2ccc(NC(=O)CCCc3cccs3)cc2C)CC1. The van der Waals surface area contributed by atoms with Crippen LogP contribution in [0.5, 0.6) is 0 Å². The first kappa shape index (κ1) is 18.9. The Hall–Kier alpha value is -1.85. The zero-order chi connectivity index (χ0) is 18.4. The van der Waals surface area contributed by atoms with E-state index in [9.17, 15) is 4.79 Å². The zero-order valence-corrected chi connectivity index (χ0v) is 16.6. The fraction of sp³-hybridized carbons (Fsp3) is 0.476. The molecule has 0 radical (unpaired) electrons. The summed E-state index contributed by atoms with van der Waals surface area (Å²) in [6.45, 7) is 9.88. The van der Waals surface area contributed by atoms with Gasteiger partial charge in [-0.2, -0.15) is 0 Å². The van der Waals surface area contributed by atoms with E-state index in [0.717, 1.165) is 51.3 Å². The molecule has 3 rings (SSSR count). The lowest BCUT2D eigenvalue weighted by molar-refractivity contribution is -0.116. The van der Waals surface area contributed by atoms with Crippen LogP contribution in [0.15, 0.2) is 35.7 Å². The van der Waals surface area contributed by atoms with E-state index >= 15 is 0 Å². The number of benzene rings is 1.